The van der Waals surface area contributed by atoms with Crippen LogP contribution in [0, 0.1) is 16.0 Å². The van der Waals surface area contributed by atoms with Gasteiger partial charge in [0, 0.05) is 11.1 Å². The van der Waals surface area contributed by atoms with E-state index < -0.39 is 34.8 Å². The summed E-state index contributed by atoms with van der Waals surface area (Å²) in [5.74, 6) is -1.23. The minimum Gasteiger partial charge on any atom is -0.458 e. The minimum atomic E-state index is -1.06. The quantitative estimate of drug-likeness (QED) is 0.194. The molecule has 10 heteroatoms. The van der Waals surface area contributed by atoms with Crippen molar-refractivity contribution in [3.05, 3.63) is 112 Å². The first-order valence-corrected chi connectivity index (χ1v) is 11.8. The van der Waals surface area contributed by atoms with Crippen molar-refractivity contribution in [3.8, 4) is 11.3 Å². The van der Waals surface area contributed by atoms with E-state index in [0.717, 1.165) is 4.90 Å². The topological polar surface area (TPSA) is 106 Å². The molecule has 2 aliphatic heterocycles. The number of halogens is 1. The molecule has 3 unspecified atom stereocenters. The Morgan fingerprint density at radius 2 is 1.51 bits per heavy atom. The van der Waals surface area contributed by atoms with Crippen LogP contribution in [-0.4, -0.2) is 22.8 Å². The van der Waals surface area contributed by atoms with Gasteiger partial charge in [0.2, 0.25) is 5.91 Å². The molecular weight excluding hydrogens is 498 g/mol. The first kappa shape index (κ1) is 23.0. The molecule has 0 saturated carbocycles. The van der Waals surface area contributed by atoms with Crippen molar-refractivity contribution in [1.29, 1.82) is 0 Å². The lowest BCUT2D eigenvalue weighted by Crippen LogP contribution is -2.37. The third-order valence-electron chi connectivity index (χ3n) is 6.48. The van der Waals surface area contributed by atoms with Crippen molar-refractivity contribution in [2.75, 3.05) is 9.96 Å². The number of nitro groups is 1. The van der Waals surface area contributed by atoms with Crippen LogP contribution in [0.25, 0.3) is 11.3 Å². The normalized spacial score (nSPS) is 20.9. The van der Waals surface area contributed by atoms with Gasteiger partial charge in [-0.1, -0.05) is 48.0 Å². The van der Waals surface area contributed by atoms with Crippen LogP contribution in [0.5, 0.6) is 0 Å². The molecule has 0 radical (unpaired) electrons. The Balaban J connectivity index is 1.44. The van der Waals surface area contributed by atoms with E-state index in [0.29, 0.717) is 17.1 Å². The maximum Gasteiger partial charge on any atom is 0.281 e. The Morgan fingerprint density at radius 1 is 0.838 bits per heavy atom. The number of nitro benzene ring substituents is 1. The fourth-order valence-corrected chi connectivity index (χ4v) is 5.02. The van der Waals surface area contributed by atoms with Crippen LogP contribution >= 0.6 is 11.6 Å². The Bertz CT molecular complexity index is 1520. The van der Waals surface area contributed by atoms with E-state index >= 15 is 0 Å². The number of fused-ring (bicyclic) bond motifs is 1. The molecule has 184 valence electrons. The number of furan rings is 1. The second-order valence-corrected chi connectivity index (χ2v) is 9.06. The average molecular weight is 516 g/mol. The van der Waals surface area contributed by atoms with Crippen molar-refractivity contribution < 1.29 is 23.8 Å². The van der Waals surface area contributed by atoms with Gasteiger partial charge >= 0.3 is 0 Å². The number of carbonyl (C=O) groups excluding carboxylic acids is 2. The summed E-state index contributed by atoms with van der Waals surface area (Å²) in [6, 6.07) is 24.5. The highest BCUT2D eigenvalue weighted by Crippen LogP contribution is 2.48. The average Bonchev–Trinajstić information content (AvgIpc) is 3.60. The van der Waals surface area contributed by atoms with Crippen molar-refractivity contribution >= 4 is 40.5 Å². The number of anilines is 2. The number of amides is 2. The minimum absolute atomic E-state index is 0.212. The molecule has 6 rings (SSSR count). The Hall–Kier alpha value is -4.47. The predicted molar refractivity (Wildman–Crippen MR) is 135 cm³/mol. The van der Waals surface area contributed by atoms with E-state index in [1.165, 1.54) is 23.3 Å². The van der Waals surface area contributed by atoms with Crippen LogP contribution in [0.3, 0.4) is 0 Å². The molecule has 0 N–H and O–H groups in total. The van der Waals surface area contributed by atoms with Crippen molar-refractivity contribution in [3.63, 3.8) is 0 Å². The predicted octanol–water partition coefficient (Wildman–Crippen LogP) is 5.56. The lowest BCUT2D eigenvalue weighted by atomic mass is 9.94. The van der Waals surface area contributed by atoms with Gasteiger partial charge < -0.3 is 4.42 Å². The monoisotopic (exact) mass is 515 g/mol. The molecule has 9 nitrogen and oxygen atoms in total. The summed E-state index contributed by atoms with van der Waals surface area (Å²) >= 11 is 5.97. The van der Waals surface area contributed by atoms with E-state index in [1.807, 2.05) is 18.2 Å². The zero-order valence-corrected chi connectivity index (χ0v) is 19.8. The number of nitrogens with zero attached hydrogens (tertiary/aromatic N) is 3. The second kappa shape index (κ2) is 8.88. The molecule has 0 aliphatic carbocycles. The Kier molecular flexibility index (Phi) is 5.51. The van der Waals surface area contributed by atoms with E-state index in [4.69, 9.17) is 20.9 Å². The zero-order chi connectivity index (χ0) is 25.7. The van der Waals surface area contributed by atoms with Crippen molar-refractivity contribution in [2.45, 2.75) is 12.1 Å². The molecule has 4 aromatic rings. The summed E-state index contributed by atoms with van der Waals surface area (Å²) in [5, 5.41) is 13.4. The lowest BCUT2D eigenvalue weighted by molar-refractivity contribution is -0.384. The van der Waals surface area contributed by atoms with Crippen LogP contribution < -0.4 is 9.96 Å². The maximum atomic E-state index is 13.7. The molecule has 0 spiro atoms. The van der Waals surface area contributed by atoms with Crippen LogP contribution in [0.1, 0.15) is 11.8 Å². The number of para-hydroxylation sites is 2. The van der Waals surface area contributed by atoms with Crippen LogP contribution in [0.2, 0.25) is 5.02 Å². The molecule has 0 bridgehead atoms. The Labute approximate surface area is 215 Å². The molecule has 2 fully saturated rings. The summed E-state index contributed by atoms with van der Waals surface area (Å²) in [6.07, 6.45) is -1.06. The molecule has 2 aliphatic rings. The van der Waals surface area contributed by atoms with E-state index in [1.54, 1.807) is 54.6 Å². The Morgan fingerprint density at radius 3 is 2.19 bits per heavy atom. The molecular formula is C27H18ClN3O6. The van der Waals surface area contributed by atoms with E-state index in [-0.39, 0.29) is 22.0 Å². The number of hydrogen-bond acceptors (Lipinski definition) is 7. The van der Waals surface area contributed by atoms with Gasteiger partial charge in [-0.15, -0.1) is 0 Å². The number of imide groups is 1. The standard InChI is InChI=1S/C27H18ClN3O6/c28-16-11-12-19(20(15-16)31(34)35)21-13-14-22(36-21)24-23-25(37-30(24)18-9-5-2-6-10-18)27(33)29(26(23)32)17-7-3-1-4-8-17/h1-15,23-25H. The third kappa shape index (κ3) is 3.76. The SMILES string of the molecule is O=C1C2ON(c3ccccc3)C(c3ccc(-c4ccc(Cl)cc4[N+](=O)[O-])o3)C2C(=O)N1c1ccccc1. The third-order valence-corrected chi connectivity index (χ3v) is 6.72. The summed E-state index contributed by atoms with van der Waals surface area (Å²) < 4.78 is 6.12. The molecule has 2 saturated heterocycles. The van der Waals surface area contributed by atoms with Gasteiger partial charge in [-0.2, -0.15) is 0 Å². The molecule has 3 aromatic carbocycles. The molecule has 2 amide bonds. The fourth-order valence-electron chi connectivity index (χ4n) is 4.85. The van der Waals surface area contributed by atoms with Crippen LogP contribution in [-0.2, 0) is 14.4 Å². The summed E-state index contributed by atoms with van der Waals surface area (Å²) in [4.78, 5) is 45.4. The highest BCUT2D eigenvalue weighted by Gasteiger charge is 2.61. The second-order valence-electron chi connectivity index (χ2n) is 8.63. The smallest absolute Gasteiger partial charge is 0.281 e. The van der Waals surface area contributed by atoms with Crippen LogP contribution in [0.4, 0.5) is 17.1 Å². The summed E-state index contributed by atoms with van der Waals surface area (Å²) in [6.45, 7) is 0. The van der Waals surface area contributed by atoms with Gasteiger partial charge in [0.1, 0.15) is 23.5 Å². The molecule has 1 aromatic heterocycles. The van der Waals surface area contributed by atoms with Crippen LogP contribution in [0.15, 0.2) is 95.4 Å². The maximum absolute atomic E-state index is 13.7. The van der Waals surface area contributed by atoms with E-state index in [2.05, 4.69) is 0 Å². The summed E-state index contributed by atoms with van der Waals surface area (Å²) in [5.41, 5.74) is 1.11. The first-order valence-electron chi connectivity index (χ1n) is 11.4. The molecule has 3 heterocycles. The highest BCUT2D eigenvalue weighted by atomic mass is 35.5. The largest absolute Gasteiger partial charge is 0.458 e. The first-order chi connectivity index (χ1) is 17.9. The van der Waals surface area contributed by atoms with Gasteiger partial charge in [0.15, 0.2) is 6.10 Å². The fraction of sp³-hybridized carbons (Fsp3) is 0.111. The van der Waals surface area contributed by atoms with Gasteiger partial charge in [-0.05, 0) is 48.5 Å². The summed E-state index contributed by atoms with van der Waals surface area (Å²) in [7, 11) is 0. The van der Waals surface area contributed by atoms with Gasteiger partial charge in [0.05, 0.1) is 21.9 Å². The number of rotatable bonds is 5. The van der Waals surface area contributed by atoms with Crippen molar-refractivity contribution in [2.24, 2.45) is 5.92 Å². The molecule has 37 heavy (non-hydrogen) atoms. The van der Waals surface area contributed by atoms with E-state index in [9.17, 15) is 19.7 Å². The number of hydroxylamine groups is 1. The zero-order valence-electron chi connectivity index (χ0n) is 19.1. The molecule has 3 atom stereocenters. The number of hydrogen-bond donors (Lipinski definition) is 0. The van der Waals surface area contributed by atoms with Gasteiger partial charge in [0.25, 0.3) is 11.6 Å². The number of carbonyl (C=O) groups is 2. The van der Waals surface area contributed by atoms with Crippen molar-refractivity contribution in [1.82, 2.24) is 0 Å². The lowest BCUT2D eigenvalue weighted by Gasteiger charge is -2.27. The highest BCUT2D eigenvalue weighted by molar-refractivity contribution is 6.31. The van der Waals surface area contributed by atoms with Gasteiger partial charge in [-0.25, -0.2) is 9.96 Å². The van der Waals surface area contributed by atoms with Gasteiger partial charge in [-0.3, -0.25) is 24.5 Å². The number of benzene rings is 3.